The van der Waals surface area contributed by atoms with Crippen molar-refractivity contribution in [2.24, 2.45) is 0 Å². The Morgan fingerprint density at radius 3 is 2.52 bits per heavy atom. The second kappa shape index (κ2) is 6.79. The van der Waals surface area contributed by atoms with Crippen LogP contribution in [-0.2, 0) is 6.42 Å². The Labute approximate surface area is 125 Å². The molecular formula is C17H21N3O. The van der Waals surface area contributed by atoms with E-state index < -0.39 is 0 Å². The number of carbonyl (C=O) groups excluding carboxylic acids is 1. The molecule has 1 amide bonds. The molecule has 2 rings (SSSR count). The zero-order chi connectivity index (χ0) is 15.2. The maximum absolute atomic E-state index is 12.2. The molecule has 1 unspecified atom stereocenters. The van der Waals surface area contributed by atoms with Gasteiger partial charge < -0.3 is 16.8 Å². The Balaban J connectivity index is 1.90. The molecule has 21 heavy (non-hydrogen) atoms. The molecule has 0 heterocycles. The Morgan fingerprint density at radius 2 is 1.86 bits per heavy atom. The van der Waals surface area contributed by atoms with Crippen molar-refractivity contribution in [3.8, 4) is 0 Å². The van der Waals surface area contributed by atoms with E-state index in [2.05, 4.69) is 17.4 Å². The molecule has 1 atom stereocenters. The molecule has 0 bridgehead atoms. The van der Waals surface area contributed by atoms with E-state index in [1.54, 1.807) is 18.2 Å². The van der Waals surface area contributed by atoms with Gasteiger partial charge in [0.15, 0.2) is 0 Å². The fourth-order valence-electron chi connectivity index (χ4n) is 2.19. The van der Waals surface area contributed by atoms with Crippen LogP contribution < -0.4 is 16.8 Å². The summed E-state index contributed by atoms with van der Waals surface area (Å²) in [4.78, 5) is 12.2. The van der Waals surface area contributed by atoms with Crippen LogP contribution in [0.25, 0.3) is 0 Å². The third-order valence-corrected chi connectivity index (χ3v) is 3.41. The summed E-state index contributed by atoms with van der Waals surface area (Å²) in [5.74, 6) is -0.159. The van der Waals surface area contributed by atoms with Gasteiger partial charge in [-0.3, -0.25) is 4.79 Å². The van der Waals surface area contributed by atoms with Crippen molar-refractivity contribution in [3.63, 3.8) is 0 Å². The van der Waals surface area contributed by atoms with Crippen molar-refractivity contribution in [2.45, 2.75) is 25.8 Å². The standard InChI is InChI=1S/C17H21N3O/c1-12(7-8-13-5-3-2-4-6-13)20-17(21)15-10-9-14(18)11-16(15)19/h2-6,9-12H,7-8,18-19H2,1H3,(H,20,21). The smallest absolute Gasteiger partial charge is 0.253 e. The number of aryl methyl sites for hydroxylation is 1. The number of carbonyl (C=O) groups is 1. The molecule has 0 aromatic heterocycles. The second-order valence-corrected chi connectivity index (χ2v) is 5.25. The molecule has 0 aliphatic rings. The van der Waals surface area contributed by atoms with Gasteiger partial charge in [0.2, 0.25) is 0 Å². The average Bonchev–Trinajstić information content (AvgIpc) is 2.46. The summed E-state index contributed by atoms with van der Waals surface area (Å²) in [6.07, 6.45) is 1.81. The van der Waals surface area contributed by atoms with Crippen LogP contribution in [0.5, 0.6) is 0 Å². The summed E-state index contributed by atoms with van der Waals surface area (Å²) in [5, 5.41) is 2.97. The van der Waals surface area contributed by atoms with Gasteiger partial charge in [-0.1, -0.05) is 30.3 Å². The van der Waals surface area contributed by atoms with Crippen LogP contribution in [0.1, 0.15) is 29.3 Å². The first-order chi connectivity index (χ1) is 10.1. The minimum Gasteiger partial charge on any atom is -0.399 e. The normalized spacial score (nSPS) is 11.9. The molecule has 0 radical (unpaired) electrons. The Kier molecular flexibility index (Phi) is 4.82. The molecule has 4 heteroatoms. The van der Waals surface area contributed by atoms with E-state index >= 15 is 0 Å². The van der Waals surface area contributed by atoms with E-state index in [4.69, 9.17) is 11.5 Å². The minimum absolute atomic E-state index is 0.0784. The summed E-state index contributed by atoms with van der Waals surface area (Å²) in [6, 6.07) is 15.2. The number of nitrogens with one attached hydrogen (secondary N) is 1. The van der Waals surface area contributed by atoms with Gasteiger partial charge >= 0.3 is 0 Å². The topological polar surface area (TPSA) is 81.1 Å². The zero-order valence-corrected chi connectivity index (χ0v) is 12.2. The lowest BCUT2D eigenvalue weighted by Crippen LogP contribution is -2.33. The maximum Gasteiger partial charge on any atom is 0.253 e. The van der Waals surface area contributed by atoms with E-state index in [0.29, 0.717) is 16.9 Å². The average molecular weight is 283 g/mol. The first-order valence-electron chi connectivity index (χ1n) is 7.06. The third-order valence-electron chi connectivity index (χ3n) is 3.41. The highest BCUT2D eigenvalue weighted by Crippen LogP contribution is 2.16. The van der Waals surface area contributed by atoms with Gasteiger partial charge in [0.1, 0.15) is 0 Å². The number of nitrogens with two attached hydrogens (primary N) is 2. The minimum atomic E-state index is -0.159. The van der Waals surface area contributed by atoms with Gasteiger partial charge in [-0.25, -0.2) is 0 Å². The summed E-state index contributed by atoms with van der Waals surface area (Å²) in [5.41, 5.74) is 14.2. The summed E-state index contributed by atoms with van der Waals surface area (Å²) >= 11 is 0. The van der Waals surface area contributed by atoms with Crippen molar-refractivity contribution in [2.75, 3.05) is 11.5 Å². The number of benzene rings is 2. The number of hydrogen-bond donors (Lipinski definition) is 3. The summed E-state index contributed by atoms with van der Waals surface area (Å²) in [6.45, 7) is 1.99. The largest absolute Gasteiger partial charge is 0.399 e. The lowest BCUT2D eigenvalue weighted by molar-refractivity contribution is 0.0939. The van der Waals surface area contributed by atoms with Gasteiger partial charge in [-0.2, -0.15) is 0 Å². The van der Waals surface area contributed by atoms with E-state index in [1.165, 1.54) is 5.56 Å². The number of hydrogen-bond acceptors (Lipinski definition) is 3. The van der Waals surface area contributed by atoms with Crippen molar-refractivity contribution in [1.29, 1.82) is 0 Å². The highest BCUT2D eigenvalue weighted by atomic mass is 16.1. The Hall–Kier alpha value is -2.49. The first kappa shape index (κ1) is 14.9. The second-order valence-electron chi connectivity index (χ2n) is 5.25. The highest BCUT2D eigenvalue weighted by molar-refractivity contribution is 5.99. The van der Waals surface area contributed by atoms with Crippen molar-refractivity contribution in [1.82, 2.24) is 5.32 Å². The van der Waals surface area contributed by atoms with Crippen LogP contribution >= 0.6 is 0 Å². The van der Waals surface area contributed by atoms with Crippen LogP contribution in [0.4, 0.5) is 11.4 Å². The molecule has 5 N–H and O–H groups in total. The highest BCUT2D eigenvalue weighted by Gasteiger charge is 2.12. The van der Waals surface area contributed by atoms with Crippen LogP contribution in [0, 0.1) is 0 Å². The van der Waals surface area contributed by atoms with Crippen molar-refractivity contribution >= 4 is 17.3 Å². The molecule has 0 saturated heterocycles. The van der Waals surface area contributed by atoms with Crippen molar-refractivity contribution in [3.05, 3.63) is 59.7 Å². The lowest BCUT2D eigenvalue weighted by Gasteiger charge is -2.15. The molecule has 110 valence electrons. The van der Waals surface area contributed by atoms with Crippen LogP contribution in [0.3, 0.4) is 0 Å². The lowest BCUT2D eigenvalue weighted by atomic mass is 10.1. The SMILES string of the molecule is CC(CCc1ccccc1)NC(=O)c1ccc(N)cc1N. The van der Waals surface area contributed by atoms with E-state index in [9.17, 15) is 4.79 Å². The number of amides is 1. The third kappa shape index (κ3) is 4.24. The summed E-state index contributed by atoms with van der Waals surface area (Å²) < 4.78 is 0. The number of anilines is 2. The zero-order valence-electron chi connectivity index (χ0n) is 12.2. The molecule has 4 nitrogen and oxygen atoms in total. The van der Waals surface area contributed by atoms with Gasteiger partial charge in [-0.15, -0.1) is 0 Å². The van der Waals surface area contributed by atoms with E-state index in [0.717, 1.165) is 12.8 Å². The monoisotopic (exact) mass is 283 g/mol. The van der Waals surface area contributed by atoms with Crippen molar-refractivity contribution < 1.29 is 4.79 Å². The van der Waals surface area contributed by atoms with Crippen LogP contribution in [0.15, 0.2) is 48.5 Å². The molecule has 0 fully saturated rings. The molecule has 2 aromatic carbocycles. The van der Waals surface area contributed by atoms with Crippen LogP contribution in [0.2, 0.25) is 0 Å². The van der Waals surface area contributed by atoms with Gasteiger partial charge in [0.25, 0.3) is 5.91 Å². The predicted octanol–water partition coefficient (Wildman–Crippen LogP) is 2.60. The summed E-state index contributed by atoms with van der Waals surface area (Å²) in [7, 11) is 0. The van der Waals surface area contributed by atoms with Gasteiger partial charge in [-0.05, 0) is 43.5 Å². The molecule has 0 saturated carbocycles. The number of rotatable bonds is 5. The van der Waals surface area contributed by atoms with E-state index in [1.807, 2.05) is 25.1 Å². The molecule has 0 spiro atoms. The molecule has 2 aromatic rings. The number of nitrogen functional groups attached to an aromatic ring is 2. The first-order valence-corrected chi connectivity index (χ1v) is 7.06. The van der Waals surface area contributed by atoms with E-state index in [-0.39, 0.29) is 11.9 Å². The van der Waals surface area contributed by atoms with Gasteiger partial charge in [0.05, 0.1) is 5.56 Å². The Bertz CT molecular complexity index is 611. The fourth-order valence-corrected chi connectivity index (χ4v) is 2.19. The molecule has 0 aliphatic carbocycles. The predicted molar refractivity (Wildman–Crippen MR) is 87.0 cm³/mol. The molecular weight excluding hydrogens is 262 g/mol. The van der Waals surface area contributed by atoms with Gasteiger partial charge in [0, 0.05) is 17.4 Å². The van der Waals surface area contributed by atoms with Crippen LogP contribution in [-0.4, -0.2) is 11.9 Å². The fraction of sp³-hybridized carbons (Fsp3) is 0.235. The Morgan fingerprint density at radius 1 is 1.14 bits per heavy atom. The quantitative estimate of drug-likeness (QED) is 0.738. The molecule has 0 aliphatic heterocycles. The maximum atomic E-state index is 12.2.